The SMILES string of the molecule is Cn1[13cH]n[13c]([13CH2][13CH2]N)[13cH]1. The van der Waals surface area contributed by atoms with E-state index in [2.05, 4.69) is 4.98 Å². The molecule has 1 aromatic rings. The van der Waals surface area contributed by atoms with E-state index in [1.165, 1.54) is 0 Å². The normalized spacial score (nSPS) is 10.0. The molecule has 0 aromatic carbocycles. The average molecular weight is 130 g/mol. The summed E-state index contributed by atoms with van der Waals surface area (Å²) >= 11 is 0. The van der Waals surface area contributed by atoms with Gasteiger partial charge in [-0.1, -0.05) is 0 Å². The topological polar surface area (TPSA) is 43.8 Å². The number of aromatic nitrogens is 2. The summed E-state index contributed by atoms with van der Waals surface area (Å²) < 4.78 is 1.92. The predicted molar refractivity (Wildman–Crippen MR) is 36.0 cm³/mol. The van der Waals surface area contributed by atoms with Gasteiger partial charge in [-0.25, -0.2) is 4.98 Å². The van der Waals surface area contributed by atoms with E-state index >= 15 is 0 Å². The van der Waals surface area contributed by atoms with Gasteiger partial charge >= 0.3 is 0 Å². The molecule has 0 amide bonds. The summed E-state index contributed by atoms with van der Waals surface area (Å²) in [6.45, 7) is 0.678. The summed E-state index contributed by atoms with van der Waals surface area (Å²) in [5, 5.41) is 0. The van der Waals surface area contributed by atoms with Crippen molar-refractivity contribution in [1.82, 2.24) is 9.55 Å². The molecule has 50 valence electrons. The van der Waals surface area contributed by atoms with Crippen molar-refractivity contribution in [3.63, 3.8) is 0 Å². The third-order valence-electron chi connectivity index (χ3n) is 1.16. The minimum absolute atomic E-state index is 0.678. The van der Waals surface area contributed by atoms with E-state index in [1.807, 2.05) is 17.8 Å². The van der Waals surface area contributed by atoms with Crippen molar-refractivity contribution in [2.75, 3.05) is 6.54 Å². The molecule has 0 aliphatic heterocycles. The Kier molecular flexibility index (Phi) is 1.85. The van der Waals surface area contributed by atoms with Gasteiger partial charge in [0.25, 0.3) is 0 Å². The average Bonchev–Trinajstić information content (AvgIpc) is 2.17. The minimum Gasteiger partial charge on any atom is -0.340 e. The molecular weight excluding hydrogens is 119 g/mol. The molecule has 0 fully saturated rings. The Morgan fingerprint density at radius 1 is 1.78 bits per heavy atom. The molecule has 0 atom stereocenters. The number of rotatable bonds is 2. The van der Waals surface area contributed by atoms with Gasteiger partial charge < -0.3 is 10.3 Å². The molecular formula is C6H11N3. The molecule has 2 N–H and O–H groups in total. The van der Waals surface area contributed by atoms with Gasteiger partial charge in [0.05, 0.1) is 12.0 Å². The van der Waals surface area contributed by atoms with Gasteiger partial charge in [0.2, 0.25) is 0 Å². The van der Waals surface area contributed by atoms with Crippen molar-refractivity contribution in [3.05, 3.63) is 18.2 Å². The Labute approximate surface area is 54.5 Å². The maximum atomic E-state index is 5.32. The molecule has 0 unspecified atom stereocenters. The Hall–Kier alpha value is -0.830. The Morgan fingerprint density at radius 2 is 2.56 bits per heavy atom. The molecule has 0 spiro atoms. The molecule has 0 radical (unpaired) electrons. The Morgan fingerprint density at radius 3 is 3.00 bits per heavy atom. The first-order valence-electron chi connectivity index (χ1n) is 3.00. The number of hydrogen-bond acceptors (Lipinski definition) is 2. The first-order valence-corrected chi connectivity index (χ1v) is 3.00. The van der Waals surface area contributed by atoms with Crippen LogP contribution in [0.1, 0.15) is 5.69 Å². The molecule has 3 heteroatoms. The van der Waals surface area contributed by atoms with Crippen LogP contribution in [0.2, 0.25) is 0 Å². The molecule has 1 heterocycles. The molecule has 3 nitrogen and oxygen atoms in total. The zero-order valence-corrected chi connectivity index (χ0v) is 5.54. The second kappa shape index (κ2) is 2.64. The van der Waals surface area contributed by atoms with Crippen LogP contribution in [0.5, 0.6) is 0 Å². The fraction of sp³-hybridized carbons (Fsp3) is 0.500. The lowest BCUT2D eigenvalue weighted by Crippen LogP contribution is -2.02. The van der Waals surface area contributed by atoms with Gasteiger partial charge in [-0.2, -0.15) is 0 Å². The van der Waals surface area contributed by atoms with Gasteiger partial charge in [0.15, 0.2) is 0 Å². The van der Waals surface area contributed by atoms with E-state index in [1.54, 1.807) is 6.33 Å². The highest BCUT2D eigenvalue weighted by Crippen LogP contribution is 1.92. The monoisotopic (exact) mass is 130 g/mol. The molecule has 0 saturated heterocycles. The quantitative estimate of drug-likeness (QED) is 0.569. The molecule has 0 saturated carbocycles. The zero-order chi connectivity index (χ0) is 6.69. The number of nitrogens with zero attached hydrogens (tertiary/aromatic N) is 2. The minimum atomic E-state index is 0.678. The van der Waals surface area contributed by atoms with E-state index in [0.29, 0.717) is 6.54 Å². The summed E-state index contributed by atoms with van der Waals surface area (Å²) in [5.41, 5.74) is 6.39. The van der Waals surface area contributed by atoms with Crippen LogP contribution in [0.25, 0.3) is 0 Å². The summed E-state index contributed by atoms with van der Waals surface area (Å²) in [5.74, 6) is 0. The van der Waals surface area contributed by atoms with Crippen molar-refractivity contribution in [1.29, 1.82) is 0 Å². The van der Waals surface area contributed by atoms with Gasteiger partial charge in [-0.15, -0.1) is 0 Å². The summed E-state index contributed by atoms with van der Waals surface area (Å²) in [6, 6.07) is 0. The molecule has 0 aliphatic rings. The van der Waals surface area contributed by atoms with Gasteiger partial charge in [-0.3, -0.25) is 0 Å². The van der Waals surface area contributed by atoms with E-state index in [4.69, 9.17) is 5.73 Å². The molecule has 9 heavy (non-hydrogen) atoms. The van der Waals surface area contributed by atoms with Crippen LogP contribution in [0.15, 0.2) is 12.5 Å². The third-order valence-corrected chi connectivity index (χ3v) is 1.16. The third kappa shape index (κ3) is 1.54. The number of nitrogens with two attached hydrogens (primary N) is 1. The van der Waals surface area contributed by atoms with Crippen LogP contribution in [0, 0.1) is 0 Å². The van der Waals surface area contributed by atoms with Crippen LogP contribution in [0.4, 0.5) is 0 Å². The van der Waals surface area contributed by atoms with Crippen LogP contribution >= 0.6 is 0 Å². The maximum Gasteiger partial charge on any atom is 0.0946 e. The summed E-state index contributed by atoms with van der Waals surface area (Å²) in [7, 11) is 1.95. The molecule has 0 aliphatic carbocycles. The van der Waals surface area contributed by atoms with Gasteiger partial charge in [-0.05, 0) is 6.54 Å². The fourth-order valence-corrected chi connectivity index (χ4v) is 0.744. The highest BCUT2D eigenvalue weighted by atomic mass is 15.3. The first-order chi connectivity index (χ1) is 4.33. The van der Waals surface area contributed by atoms with Crippen molar-refractivity contribution in [3.8, 4) is 0 Å². The van der Waals surface area contributed by atoms with E-state index in [9.17, 15) is 0 Å². The van der Waals surface area contributed by atoms with Crippen molar-refractivity contribution in [2.24, 2.45) is 12.8 Å². The Bertz CT molecular complexity index is 180. The van der Waals surface area contributed by atoms with Gasteiger partial charge in [0.1, 0.15) is 0 Å². The van der Waals surface area contributed by atoms with Crippen molar-refractivity contribution < 1.29 is 0 Å². The summed E-state index contributed by atoms with van der Waals surface area (Å²) in [4.78, 5) is 4.09. The van der Waals surface area contributed by atoms with Gasteiger partial charge in [0, 0.05) is 19.7 Å². The highest BCUT2D eigenvalue weighted by Gasteiger charge is 1.91. The lowest BCUT2D eigenvalue weighted by atomic mass is 11.3. The number of hydrogen-bond donors (Lipinski definition) is 1. The molecule has 1 rings (SSSR count). The van der Waals surface area contributed by atoms with Crippen LogP contribution in [0.3, 0.4) is 0 Å². The first kappa shape index (κ1) is 6.29. The van der Waals surface area contributed by atoms with Crippen molar-refractivity contribution >= 4 is 0 Å². The Balaban J connectivity index is 2.61. The lowest BCUT2D eigenvalue weighted by Gasteiger charge is -1.86. The largest absolute Gasteiger partial charge is 0.340 e. The van der Waals surface area contributed by atoms with Crippen LogP contribution in [-0.2, 0) is 13.5 Å². The zero-order valence-electron chi connectivity index (χ0n) is 5.54. The van der Waals surface area contributed by atoms with Crippen molar-refractivity contribution in [2.45, 2.75) is 6.42 Å². The maximum absolute atomic E-state index is 5.32. The van der Waals surface area contributed by atoms with E-state index in [-0.39, 0.29) is 0 Å². The molecule has 1 aromatic heterocycles. The predicted octanol–water partition coefficient (Wildman–Crippen LogP) is -0.0787. The number of imidazole rings is 1. The van der Waals surface area contributed by atoms with Crippen LogP contribution < -0.4 is 5.73 Å². The highest BCUT2D eigenvalue weighted by molar-refractivity contribution is 4.95. The fourth-order valence-electron chi connectivity index (χ4n) is 0.744. The van der Waals surface area contributed by atoms with Crippen LogP contribution in [-0.4, -0.2) is 16.1 Å². The number of aryl methyl sites for hydroxylation is 1. The van der Waals surface area contributed by atoms with E-state index in [0.717, 1.165) is 12.1 Å². The van der Waals surface area contributed by atoms with E-state index < -0.39 is 0 Å². The summed E-state index contributed by atoms with van der Waals surface area (Å²) in [6.07, 6.45) is 4.64. The lowest BCUT2D eigenvalue weighted by molar-refractivity contribution is 0.906. The standard InChI is InChI=1S/C6H11N3/c1-9-4-6(2-3-7)8-5-9/h4-5H,2-3,7H2,1H3/i2+1,3+1,4+1,5+1,6+1. The smallest absolute Gasteiger partial charge is 0.0946 e. The second-order valence-corrected chi connectivity index (χ2v) is 2.07. The molecule has 0 bridgehead atoms. The second-order valence-electron chi connectivity index (χ2n) is 2.07.